The molecule has 0 saturated heterocycles. The molecule has 2 aromatic rings. The molecule has 2 nitrogen and oxygen atoms in total. The van der Waals surface area contributed by atoms with Crippen LogP contribution in [0.1, 0.15) is 5.56 Å². The monoisotopic (exact) mass is 264 g/mol. The van der Waals surface area contributed by atoms with E-state index < -0.39 is 0 Å². The Kier molecular flexibility index (Phi) is 4.05. The van der Waals surface area contributed by atoms with Gasteiger partial charge in [-0.3, -0.25) is 0 Å². The minimum atomic E-state index is -0.210. The van der Waals surface area contributed by atoms with E-state index in [9.17, 15) is 4.39 Å². The number of benzene rings is 2. The van der Waals surface area contributed by atoms with E-state index in [1.165, 1.54) is 12.1 Å². The molecule has 3 N–H and O–H groups in total. The zero-order chi connectivity index (χ0) is 13.0. The van der Waals surface area contributed by atoms with Crippen molar-refractivity contribution in [3.8, 4) is 0 Å². The lowest BCUT2D eigenvalue weighted by molar-refractivity contribution is 0.625. The molecule has 4 heteroatoms. The summed E-state index contributed by atoms with van der Waals surface area (Å²) in [4.78, 5) is 0. The molecule has 0 aromatic heterocycles. The van der Waals surface area contributed by atoms with E-state index >= 15 is 0 Å². The quantitative estimate of drug-likeness (QED) is 0.826. The van der Waals surface area contributed by atoms with E-state index in [0.29, 0.717) is 17.3 Å². The molecule has 0 atom stereocenters. The Bertz CT molecular complexity index is 543. The zero-order valence-corrected chi connectivity index (χ0v) is 10.5. The predicted octanol–water partition coefficient (Wildman–Crippen LogP) is 3.72. The highest BCUT2D eigenvalue weighted by molar-refractivity contribution is 6.33. The summed E-state index contributed by atoms with van der Waals surface area (Å²) in [7, 11) is 0. The number of hydrogen-bond donors (Lipinski definition) is 2. The highest BCUT2D eigenvalue weighted by Gasteiger charge is 2.00. The van der Waals surface area contributed by atoms with E-state index in [1.807, 2.05) is 12.1 Å². The van der Waals surface area contributed by atoms with Gasteiger partial charge in [-0.1, -0.05) is 23.7 Å². The SMILES string of the molecule is Nc1ccc(NCCc2cccc(F)c2)c(Cl)c1. The molecule has 0 aliphatic carbocycles. The van der Waals surface area contributed by atoms with Crippen molar-refractivity contribution in [2.45, 2.75) is 6.42 Å². The van der Waals surface area contributed by atoms with E-state index in [0.717, 1.165) is 17.7 Å². The van der Waals surface area contributed by atoms with Crippen molar-refractivity contribution in [1.29, 1.82) is 0 Å². The number of nitrogens with two attached hydrogens (primary N) is 1. The maximum absolute atomic E-state index is 13.0. The summed E-state index contributed by atoms with van der Waals surface area (Å²) < 4.78 is 13.0. The predicted molar refractivity (Wildman–Crippen MR) is 74.5 cm³/mol. The fraction of sp³-hybridized carbons (Fsp3) is 0.143. The molecule has 0 aliphatic heterocycles. The molecule has 94 valence electrons. The summed E-state index contributed by atoms with van der Waals surface area (Å²) in [6.07, 6.45) is 0.735. The topological polar surface area (TPSA) is 38.0 Å². The molecule has 0 saturated carbocycles. The molecule has 0 heterocycles. The number of hydrogen-bond acceptors (Lipinski definition) is 2. The number of nitrogen functional groups attached to an aromatic ring is 1. The minimum absolute atomic E-state index is 0.210. The van der Waals surface area contributed by atoms with Gasteiger partial charge in [0.05, 0.1) is 10.7 Å². The number of rotatable bonds is 4. The van der Waals surface area contributed by atoms with Crippen LogP contribution in [0.15, 0.2) is 42.5 Å². The van der Waals surface area contributed by atoms with Crippen LogP contribution in [0.4, 0.5) is 15.8 Å². The second-order valence-corrected chi connectivity index (χ2v) is 4.45. The normalized spacial score (nSPS) is 10.3. The van der Waals surface area contributed by atoms with Gasteiger partial charge in [0.25, 0.3) is 0 Å². The Hall–Kier alpha value is -1.74. The van der Waals surface area contributed by atoms with E-state index in [1.54, 1.807) is 18.2 Å². The maximum Gasteiger partial charge on any atom is 0.123 e. The molecular weight excluding hydrogens is 251 g/mol. The Morgan fingerprint density at radius 3 is 2.72 bits per heavy atom. The Morgan fingerprint density at radius 2 is 2.00 bits per heavy atom. The summed E-state index contributed by atoms with van der Waals surface area (Å²) in [5.74, 6) is -0.210. The molecule has 18 heavy (non-hydrogen) atoms. The third kappa shape index (κ3) is 3.37. The number of halogens is 2. The van der Waals surface area contributed by atoms with Crippen LogP contribution in [0.2, 0.25) is 5.02 Å². The van der Waals surface area contributed by atoms with E-state index in [2.05, 4.69) is 5.32 Å². The molecule has 0 unspecified atom stereocenters. The molecule has 0 spiro atoms. The standard InChI is InChI=1S/C14H14ClFN2/c15-13-9-12(17)4-5-14(13)18-7-6-10-2-1-3-11(16)8-10/h1-5,8-9,18H,6-7,17H2. The number of nitrogens with one attached hydrogen (secondary N) is 1. The van der Waals surface area contributed by atoms with Gasteiger partial charge in [0, 0.05) is 12.2 Å². The van der Waals surface area contributed by atoms with Crippen LogP contribution in [0.25, 0.3) is 0 Å². The Labute approximate surface area is 111 Å². The van der Waals surface area contributed by atoms with Gasteiger partial charge in [-0.2, -0.15) is 0 Å². The van der Waals surface area contributed by atoms with Crippen molar-refractivity contribution in [1.82, 2.24) is 0 Å². The highest BCUT2D eigenvalue weighted by Crippen LogP contribution is 2.23. The molecule has 0 amide bonds. The van der Waals surface area contributed by atoms with Crippen LogP contribution in [-0.2, 0) is 6.42 Å². The molecule has 0 fully saturated rings. The Balaban J connectivity index is 1.92. The third-order valence-corrected chi connectivity index (χ3v) is 2.92. The van der Waals surface area contributed by atoms with Gasteiger partial charge in [0.1, 0.15) is 5.82 Å². The molecule has 0 radical (unpaired) electrons. The van der Waals surface area contributed by atoms with Crippen molar-refractivity contribution in [3.05, 3.63) is 58.9 Å². The average molecular weight is 265 g/mol. The van der Waals surface area contributed by atoms with E-state index in [4.69, 9.17) is 17.3 Å². The van der Waals surface area contributed by atoms with Crippen molar-refractivity contribution in [3.63, 3.8) is 0 Å². The summed E-state index contributed by atoms with van der Waals surface area (Å²) in [5.41, 5.74) is 8.03. The van der Waals surface area contributed by atoms with Crippen LogP contribution in [0.3, 0.4) is 0 Å². The lowest BCUT2D eigenvalue weighted by atomic mass is 10.1. The fourth-order valence-corrected chi connectivity index (χ4v) is 1.96. The summed E-state index contributed by atoms with van der Waals surface area (Å²) >= 11 is 6.03. The fourth-order valence-electron chi connectivity index (χ4n) is 1.71. The summed E-state index contributed by atoms with van der Waals surface area (Å²) in [6.45, 7) is 0.688. The van der Waals surface area contributed by atoms with Crippen molar-refractivity contribution in [2.75, 3.05) is 17.6 Å². The first-order valence-electron chi connectivity index (χ1n) is 5.68. The summed E-state index contributed by atoms with van der Waals surface area (Å²) in [5, 5.41) is 3.79. The zero-order valence-electron chi connectivity index (χ0n) is 9.79. The maximum atomic E-state index is 13.0. The first-order chi connectivity index (χ1) is 8.65. The van der Waals surface area contributed by atoms with Crippen molar-refractivity contribution >= 4 is 23.0 Å². The smallest absolute Gasteiger partial charge is 0.123 e. The van der Waals surface area contributed by atoms with Crippen LogP contribution in [0.5, 0.6) is 0 Å². The summed E-state index contributed by atoms with van der Waals surface area (Å²) in [6, 6.07) is 11.9. The van der Waals surface area contributed by atoms with Gasteiger partial charge < -0.3 is 11.1 Å². The first kappa shape index (κ1) is 12.7. The van der Waals surface area contributed by atoms with Crippen LogP contribution in [-0.4, -0.2) is 6.54 Å². The van der Waals surface area contributed by atoms with Gasteiger partial charge >= 0.3 is 0 Å². The third-order valence-electron chi connectivity index (χ3n) is 2.61. The van der Waals surface area contributed by atoms with E-state index in [-0.39, 0.29) is 5.82 Å². The van der Waals surface area contributed by atoms with Gasteiger partial charge in [-0.25, -0.2) is 4.39 Å². The lowest BCUT2D eigenvalue weighted by Gasteiger charge is -2.09. The number of anilines is 2. The van der Waals surface area contributed by atoms with Crippen LogP contribution in [0, 0.1) is 5.82 Å². The van der Waals surface area contributed by atoms with Gasteiger partial charge in [0.2, 0.25) is 0 Å². The van der Waals surface area contributed by atoms with Crippen molar-refractivity contribution in [2.24, 2.45) is 0 Å². The van der Waals surface area contributed by atoms with Gasteiger partial charge in [0.15, 0.2) is 0 Å². The average Bonchev–Trinajstić information content (AvgIpc) is 2.32. The van der Waals surface area contributed by atoms with Crippen LogP contribution < -0.4 is 11.1 Å². The lowest BCUT2D eigenvalue weighted by Crippen LogP contribution is -2.05. The van der Waals surface area contributed by atoms with Crippen molar-refractivity contribution < 1.29 is 4.39 Å². The molecular formula is C14H14ClFN2. The second kappa shape index (κ2) is 5.74. The highest BCUT2D eigenvalue weighted by atomic mass is 35.5. The molecule has 2 rings (SSSR count). The van der Waals surface area contributed by atoms with Gasteiger partial charge in [-0.15, -0.1) is 0 Å². The molecule has 2 aromatic carbocycles. The molecule has 0 bridgehead atoms. The first-order valence-corrected chi connectivity index (χ1v) is 6.06. The second-order valence-electron chi connectivity index (χ2n) is 4.05. The van der Waals surface area contributed by atoms with Gasteiger partial charge in [-0.05, 0) is 42.3 Å². The largest absolute Gasteiger partial charge is 0.399 e. The van der Waals surface area contributed by atoms with Crippen LogP contribution >= 0.6 is 11.6 Å². The minimum Gasteiger partial charge on any atom is -0.399 e. The Morgan fingerprint density at radius 1 is 1.17 bits per heavy atom. The molecule has 0 aliphatic rings.